The molecule has 0 atom stereocenters. The summed E-state index contributed by atoms with van der Waals surface area (Å²) in [4.78, 5) is 29.0. The van der Waals surface area contributed by atoms with Crippen molar-refractivity contribution in [2.75, 3.05) is 16.4 Å². The molecule has 166 valence electrons. The lowest BCUT2D eigenvalue weighted by atomic mass is 10.1. The van der Waals surface area contributed by atoms with Crippen LogP contribution in [0.15, 0.2) is 78.2 Å². The molecule has 0 radical (unpaired) electrons. The highest BCUT2D eigenvalue weighted by atomic mass is 32.2. The van der Waals surface area contributed by atoms with E-state index in [2.05, 4.69) is 25.8 Å². The molecule has 2 amide bonds. The Balaban J connectivity index is 1.35. The summed E-state index contributed by atoms with van der Waals surface area (Å²) in [6.07, 6.45) is 3.39. The minimum Gasteiger partial charge on any atom is -0.325 e. The van der Waals surface area contributed by atoms with Gasteiger partial charge in [0.15, 0.2) is 11.0 Å². The zero-order valence-electron chi connectivity index (χ0n) is 18.1. The van der Waals surface area contributed by atoms with Crippen LogP contribution in [0.2, 0.25) is 0 Å². The molecule has 2 aromatic heterocycles. The summed E-state index contributed by atoms with van der Waals surface area (Å²) in [6, 6.07) is 18.2. The van der Waals surface area contributed by atoms with Crippen molar-refractivity contribution in [2.24, 2.45) is 7.05 Å². The second-order valence-corrected chi connectivity index (χ2v) is 8.23. The Morgan fingerprint density at radius 3 is 2.42 bits per heavy atom. The number of rotatable bonds is 7. The van der Waals surface area contributed by atoms with Crippen LogP contribution in [0, 0.1) is 6.92 Å². The Labute approximate surface area is 195 Å². The van der Waals surface area contributed by atoms with Crippen LogP contribution >= 0.6 is 11.8 Å². The molecule has 9 heteroatoms. The van der Waals surface area contributed by atoms with Crippen LogP contribution in [0.1, 0.15) is 15.9 Å². The van der Waals surface area contributed by atoms with Crippen molar-refractivity contribution in [1.29, 1.82) is 0 Å². The largest absolute Gasteiger partial charge is 0.325 e. The first-order chi connectivity index (χ1) is 16.0. The van der Waals surface area contributed by atoms with Crippen molar-refractivity contribution < 1.29 is 9.59 Å². The van der Waals surface area contributed by atoms with Gasteiger partial charge in [0.1, 0.15) is 0 Å². The van der Waals surface area contributed by atoms with Gasteiger partial charge in [0.25, 0.3) is 5.91 Å². The number of pyridine rings is 1. The van der Waals surface area contributed by atoms with Crippen LogP contribution < -0.4 is 10.6 Å². The van der Waals surface area contributed by atoms with Gasteiger partial charge in [0.2, 0.25) is 5.91 Å². The zero-order chi connectivity index (χ0) is 23.2. The molecule has 4 aromatic rings. The molecule has 4 rings (SSSR count). The first-order valence-corrected chi connectivity index (χ1v) is 11.2. The summed E-state index contributed by atoms with van der Waals surface area (Å²) in [5.41, 5.74) is 3.61. The molecule has 0 bridgehead atoms. The number of aromatic nitrogens is 4. The smallest absolute Gasteiger partial charge is 0.255 e. The van der Waals surface area contributed by atoms with Crippen LogP contribution in [-0.4, -0.2) is 37.3 Å². The first-order valence-electron chi connectivity index (χ1n) is 10.2. The van der Waals surface area contributed by atoms with Gasteiger partial charge in [0.05, 0.1) is 5.75 Å². The predicted molar refractivity (Wildman–Crippen MR) is 129 cm³/mol. The fraction of sp³-hybridized carbons (Fsp3) is 0.125. The van der Waals surface area contributed by atoms with E-state index >= 15 is 0 Å². The van der Waals surface area contributed by atoms with Gasteiger partial charge in [-0.2, -0.15) is 0 Å². The Morgan fingerprint density at radius 1 is 0.939 bits per heavy atom. The Kier molecular flexibility index (Phi) is 6.80. The zero-order valence-corrected chi connectivity index (χ0v) is 19.0. The van der Waals surface area contributed by atoms with E-state index in [4.69, 9.17) is 0 Å². The first kappa shape index (κ1) is 22.2. The van der Waals surface area contributed by atoms with Crippen LogP contribution in [0.5, 0.6) is 0 Å². The minimum atomic E-state index is -0.195. The van der Waals surface area contributed by atoms with Crippen molar-refractivity contribution in [1.82, 2.24) is 19.7 Å². The number of amides is 2. The third-order valence-electron chi connectivity index (χ3n) is 4.90. The molecule has 0 fully saturated rings. The maximum atomic E-state index is 12.5. The lowest BCUT2D eigenvalue weighted by molar-refractivity contribution is -0.113. The second-order valence-electron chi connectivity index (χ2n) is 7.29. The molecule has 0 saturated heterocycles. The van der Waals surface area contributed by atoms with E-state index in [9.17, 15) is 9.59 Å². The molecule has 0 aliphatic heterocycles. The lowest BCUT2D eigenvalue weighted by Crippen LogP contribution is -2.16. The Hall–Kier alpha value is -3.98. The van der Waals surface area contributed by atoms with E-state index in [0.29, 0.717) is 27.9 Å². The van der Waals surface area contributed by atoms with Gasteiger partial charge in [-0.3, -0.25) is 14.6 Å². The molecule has 0 spiro atoms. The molecule has 0 aliphatic rings. The van der Waals surface area contributed by atoms with Gasteiger partial charge >= 0.3 is 0 Å². The van der Waals surface area contributed by atoms with Crippen LogP contribution in [0.3, 0.4) is 0 Å². The predicted octanol–water partition coefficient (Wildman–Crippen LogP) is 4.17. The third-order valence-corrected chi connectivity index (χ3v) is 5.92. The van der Waals surface area contributed by atoms with E-state index in [1.54, 1.807) is 42.7 Å². The maximum Gasteiger partial charge on any atom is 0.255 e. The number of benzene rings is 2. The molecule has 2 aromatic carbocycles. The quantitative estimate of drug-likeness (QED) is 0.403. The fourth-order valence-electron chi connectivity index (χ4n) is 3.22. The normalized spacial score (nSPS) is 10.6. The highest BCUT2D eigenvalue weighted by molar-refractivity contribution is 7.99. The van der Waals surface area contributed by atoms with E-state index < -0.39 is 0 Å². The van der Waals surface area contributed by atoms with E-state index in [1.165, 1.54) is 11.8 Å². The summed E-state index contributed by atoms with van der Waals surface area (Å²) in [5.74, 6) is 0.495. The molecule has 8 nitrogen and oxygen atoms in total. The molecular formula is C24H22N6O2S. The molecule has 0 aliphatic carbocycles. The number of aryl methyl sites for hydroxylation is 1. The number of hydrogen-bond acceptors (Lipinski definition) is 6. The van der Waals surface area contributed by atoms with Crippen molar-refractivity contribution in [3.05, 3.63) is 84.2 Å². The van der Waals surface area contributed by atoms with E-state index in [-0.39, 0.29) is 17.6 Å². The summed E-state index contributed by atoms with van der Waals surface area (Å²) >= 11 is 1.30. The van der Waals surface area contributed by atoms with Crippen molar-refractivity contribution in [3.8, 4) is 11.4 Å². The Morgan fingerprint density at radius 2 is 1.67 bits per heavy atom. The van der Waals surface area contributed by atoms with Crippen molar-refractivity contribution in [3.63, 3.8) is 0 Å². The van der Waals surface area contributed by atoms with Gasteiger partial charge in [-0.15, -0.1) is 10.2 Å². The van der Waals surface area contributed by atoms with Crippen LogP contribution in [-0.2, 0) is 11.8 Å². The number of hydrogen-bond donors (Lipinski definition) is 2. The molecule has 0 saturated carbocycles. The Bertz CT molecular complexity index is 1290. The number of carbonyl (C=O) groups is 2. The topological polar surface area (TPSA) is 102 Å². The molecular weight excluding hydrogens is 436 g/mol. The summed E-state index contributed by atoms with van der Waals surface area (Å²) < 4.78 is 1.84. The second kappa shape index (κ2) is 10.1. The number of thioether (sulfide) groups is 1. The summed E-state index contributed by atoms with van der Waals surface area (Å²) in [5, 5.41) is 14.8. The monoisotopic (exact) mass is 458 g/mol. The van der Waals surface area contributed by atoms with Crippen molar-refractivity contribution >= 4 is 35.0 Å². The fourth-order valence-corrected chi connectivity index (χ4v) is 3.93. The molecule has 2 N–H and O–H groups in total. The van der Waals surface area contributed by atoms with Gasteiger partial charge in [-0.05, 0) is 48.9 Å². The average molecular weight is 459 g/mol. The third kappa shape index (κ3) is 5.45. The summed E-state index contributed by atoms with van der Waals surface area (Å²) in [6.45, 7) is 1.89. The van der Waals surface area contributed by atoms with Crippen molar-refractivity contribution in [2.45, 2.75) is 12.1 Å². The highest BCUT2D eigenvalue weighted by Gasteiger charge is 2.13. The van der Waals surface area contributed by atoms with E-state index in [0.717, 1.165) is 11.1 Å². The van der Waals surface area contributed by atoms with E-state index in [1.807, 2.05) is 48.9 Å². The molecule has 33 heavy (non-hydrogen) atoms. The SMILES string of the molecule is Cc1ccccc1C(=O)Nc1cccc(NC(=O)CSc2nnc(-c3ccncc3)n2C)c1. The molecule has 0 unspecified atom stereocenters. The number of nitrogens with zero attached hydrogens (tertiary/aromatic N) is 4. The average Bonchev–Trinajstić information content (AvgIpc) is 3.19. The summed E-state index contributed by atoms with van der Waals surface area (Å²) in [7, 11) is 1.86. The standard InChI is InChI=1S/C24H22N6O2S/c1-16-6-3-4-9-20(16)23(32)27-19-8-5-7-18(14-19)26-21(31)15-33-24-29-28-22(30(24)2)17-10-12-25-13-11-17/h3-14H,15H2,1-2H3,(H,26,31)(H,27,32). The molecule has 2 heterocycles. The maximum absolute atomic E-state index is 12.5. The van der Waals surface area contributed by atoms with Crippen LogP contribution in [0.25, 0.3) is 11.4 Å². The highest BCUT2D eigenvalue weighted by Crippen LogP contribution is 2.23. The number of nitrogens with one attached hydrogen (secondary N) is 2. The number of carbonyl (C=O) groups excluding carboxylic acids is 2. The van der Waals surface area contributed by atoms with Crippen LogP contribution in [0.4, 0.5) is 11.4 Å². The number of anilines is 2. The lowest BCUT2D eigenvalue weighted by Gasteiger charge is -2.10. The van der Waals surface area contributed by atoms with Gasteiger partial charge in [-0.25, -0.2) is 0 Å². The van der Waals surface area contributed by atoms with Gasteiger partial charge in [0, 0.05) is 41.9 Å². The van der Waals surface area contributed by atoms with Gasteiger partial charge in [-0.1, -0.05) is 36.0 Å². The van der Waals surface area contributed by atoms with Gasteiger partial charge < -0.3 is 15.2 Å². The minimum absolute atomic E-state index is 0.169.